The van der Waals surface area contributed by atoms with E-state index in [1.54, 1.807) is 18.4 Å². The number of halogens is 1. The van der Waals surface area contributed by atoms with Gasteiger partial charge in [-0.3, -0.25) is 9.69 Å². The number of benzene rings is 1. The van der Waals surface area contributed by atoms with Crippen LogP contribution >= 0.6 is 22.9 Å². The quantitative estimate of drug-likeness (QED) is 0.886. The lowest BCUT2D eigenvalue weighted by molar-refractivity contribution is -0.125. The number of amides is 1. The lowest BCUT2D eigenvalue weighted by Crippen LogP contribution is -2.39. The maximum atomic E-state index is 11.7. The van der Waals surface area contributed by atoms with Crippen molar-refractivity contribution in [1.29, 1.82) is 0 Å². The molecule has 24 heavy (non-hydrogen) atoms. The number of likely N-dealkylation sites (tertiary alicyclic amines) is 1. The van der Waals surface area contributed by atoms with E-state index in [2.05, 4.69) is 15.6 Å². The first kappa shape index (κ1) is 17.4. The summed E-state index contributed by atoms with van der Waals surface area (Å²) in [5.74, 6) is 0.343. The van der Waals surface area contributed by atoms with Crippen molar-refractivity contribution in [2.75, 3.05) is 20.1 Å². The zero-order valence-electron chi connectivity index (χ0n) is 13.8. The van der Waals surface area contributed by atoms with Crippen LogP contribution in [-0.4, -0.2) is 35.9 Å². The lowest BCUT2D eigenvalue weighted by atomic mass is 9.96. The van der Waals surface area contributed by atoms with Crippen LogP contribution < -0.4 is 5.32 Å². The van der Waals surface area contributed by atoms with E-state index in [1.165, 1.54) is 5.56 Å². The Morgan fingerprint density at radius 1 is 1.33 bits per heavy atom. The van der Waals surface area contributed by atoms with Crippen molar-refractivity contribution in [3.05, 3.63) is 50.9 Å². The molecule has 128 valence electrons. The molecule has 1 aliphatic rings. The van der Waals surface area contributed by atoms with E-state index in [-0.39, 0.29) is 11.8 Å². The zero-order valence-corrected chi connectivity index (χ0v) is 15.4. The van der Waals surface area contributed by atoms with Gasteiger partial charge in [0.25, 0.3) is 0 Å². The van der Waals surface area contributed by atoms with Crippen molar-refractivity contribution < 1.29 is 4.79 Å². The highest BCUT2D eigenvalue weighted by atomic mass is 35.5. The van der Waals surface area contributed by atoms with Crippen LogP contribution in [0.4, 0.5) is 0 Å². The Labute approximate surface area is 151 Å². The molecule has 0 radical (unpaired) electrons. The summed E-state index contributed by atoms with van der Waals surface area (Å²) in [6, 6.07) is 7.93. The summed E-state index contributed by atoms with van der Waals surface area (Å²) < 4.78 is 0. The molecular formula is C18H22ClN3OS. The molecule has 6 heteroatoms. The number of aromatic nitrogens is 1. The second kappa shape index (κ2) is 8.10. The summed E-state index contributed by atoms with van der Waals surface area (Å²) in [5, 5.41) is 6.80. The molecule has 1 saturated heterocycles. The Bertz CT molecular complexity index is 678. The normalized spacial score (nSPS) is 16.2. The van der Waals surface area contributed by atoms with Crippen molar-refractivity contribution in [2.45, 2.75) is 25.8 Å². The average Bonchev–Trinajstić information content (AvgIpc) is 3.04. The Balaban J connectivity index is 1.51. The van der Waals surface area contributed by atoms with Gasteiger partial charge in [-0.1, -0.05) is 23.7 Å². The number of thiazole rings is 1. The molecular weight excluding hydrogens is 342 g/mol. The van der Waals surface area contributed by atoms with Crippen LogP contribution in [0.3, 0.4) is 0 Å². The highest BCUT2D eigenvalue weighted by Gasteiger charge is 2.24. The lowest BCUT2D eigenvalue weighted by Gasteiger charge is -2.30. The molecule has 3 rings (SSSR count). The summed E-state index contributed by atoms with van der Waals surface area (Å²) in [7, 11) is 1.71. The molecule has 1 amide bonds. The first-order chi connectivity index (χ1) is 11.6. The number of hydrogen-bond acceptors (Lipinski definition) is 4. The van der Waals surface area contributed by atoms with Gasteiger partial charge in [0.15, 0.2) is 0 Å². The van der Waals surface area contributed by atoms with Crippen molar-refractivity contribution >= 4 is 28.8 Å². The second-order valence-corrected chi connectivity index (χ2v) is 7.58. The second-order valence-electron chi connectivity index (χ2n) is 6.20. The minimum absolute atomic E-state index is 0.169. The van der Waals surface area contributed by atoms with E-state index in [9.17, 15) is 4.79 Å². The van der Waals surface area contributed by atoms with Gasteiger partial charge in [0.05, 0.1) is 10.7 Å². The number of nitrogens with one attached hydrogen (secondary N) is 1. The van der Waals surface area contributed by atoms with Crippen LogP contribution in [0.15, 0.2) is 29.6 Å². The van der Waals surface area contributed by atoms with Crippen molar-refractivity contribution in [3.8, 4) is 0 Å². The molecule has 1 aromatic carbocycles. The number of carbonyl (C=O) groups excluding carboxylic acids is 1. The predicted molar refractivity (Wildman–Crippen MR) is 98.4 cm³/mol. The van der Waals surface area contributed by atoms with E-state index in [1.807, 2.05) is 24.3 Å². The number of rotatable bonds is 5. The predicted octanol–water partition coefficient (Wildman–Crippen LogP) is 3.35. The van der Waals surface area contributed by atoms with Gasteiger partial charge in [-0.15, -0.1) is 11.3 Å². The van der Waals surface area contributed by atoms with Gasteiger partial charge in [0.1, 0.15) is 0 Å². The topological polar surface area (TPSA) is 45.2 Å². The number of hydrogen-bond donors (Lipinski definition) is 1. The molecule has 1 N–H and O–H groups in total. The van der Waals surface area contributed by atoms with Crippen LogP contribution in [0.25, 0.3) is 0 Å². The third kappa shape index (κ3) is 4.56. The fraction of sp³-hybridized carbons (Fsp3) is 0.444. The fourth-order valence-corrected chi connectivity index (χ4v) is 4.01. The van der Waals surface area contributed by atoms with Crippen LogP contribution in [0.1, 0.15) is 29.1 Å². The van der Waals surface area contributed by atoms with Gasteiger partial charge in [0, 0.05) is 36.3 Å². The Kier molecular flexibility index (Phi) is 5.87. The SMILES string of the molecule is CNC(=O)C1CCN(Cc2csc(Cc3ccc(Cl)cc3)n2)CC1. The van der Waals surface area contributed by atoms with Gasteiger partial charge < -0.3 is 5.32 Å². The van der Waals surface area contributed by atoms with E-state index in [0.717, 1.165) is 54.6 Å². The maximum absolute atomic E-state index is 11.7. The highest BCUT2D eigenvalue weighted by Crippen LogP contribution is 2.21. The molecule has 0 bridgehead atoms. The highest BCUT2D eigenvalue weighted by molar-refractivity contribution is 7.09. The van der Waals surface area contributed by atoms with Crippen molar-refractivity contribution in [3.63, 3.8) is 0 Å². The molecule has 1 aliphatic heterocycles. The third-order valence-corrected chi connectivity index (χ3v) is 5.61. The molecule has 0 atom stereocenters. The monoisotopic (exact) mass is 363 g/mol. The number of piperidine rings is 1. The summed E-state index contributed by atoms with van der Waals surface area (Å²) in [6.07, 6.45) is 2.71. The molecule has 0 saturated carbocycles. The van der Waals surface area contributed by atoms with Crippen LogP contribution in [0, 0.1) is 5.92 Å². The van der Waals surface area contributed by atoms with Crippen LogP contribution in [0.5, 0.6) is 0 Å². The summed E-state index contributed by atoms with van der Waals surface area (Å²) in [5.41, 5.74) is 2.36. The minimum Gasteiger partial charge on any atom is -0.359 e. The molecule has 1 fully saturated rings. The fourth-order valence-electron chi connectivity index (χ4n) is 3.07. The zero-order chi connectivity index (χ0) is 16.9. The van der Waals surface area contributed by atoms with Gasteiger partial charge in [-0.25, -0.2) is 4.98 Å². The first-order valence-corrected chi connectivity index (χ1v) is 9.51. The minimum atomic E-state index is 0.169. The summed E-state index contributed by atoms with van der Waals surface area (Å²) >= 11 is 7.63. The van der Waals surface area contributed by atoms with Gasteiger partial charge in [-0.2, -0.15) is 0 Å². The number of nitrogens with zero attached hydrogens (tertiary/aromatic N) is 2. The molecule has 0 unspecified atom stereocenters. The molecule has 4 nitrogen and oxygen atoms in total. The molecule has 2 heterocycles. The average molecular weight is 364 g/mol. The summed E-state index contributed by atoms with van der Waals surface area (Å²) in [6.45, 7) is 2.79. The van der Waals surface area contributed by atoms with Gasteiger partial charge in [0.2, 0.25) is 5.91 Å². The molecule has 0 spiro atoms. The van der Waals surface area contributed by atoms with Gasteiger partial charge >= 0.3 is 0 Å². The summed E-state index contributed by atoms with van der Waals surface area (Å²) in [4.78, 5) is 18.8. The van der Waals surface area contributed by atoms with E-state index < -0.39 is 0 Å². The third-order valence-electron chi connectivity index (χ3n) is 4.46. The Morgan fingerprint density at radius 2 is 2.04 bits per heavy atom. The van der Waals surface area contributed by atoms with E-state index in [4.69, 9.17) is 16.6 Å². The van der Waals surface area contributed by atoms with Gasteiger partial charge in [-0.05, 0) is 43.6 Å². The maximum Gasteiger partial charge on any atom is 0.222 e. The van der Waals surface area contributed by atoms with Crippen molar-refractivity contribution in [1.82, 2.24) is 15.2 Å². The Hall–Kier alpha value is -1.43. The van der Waals surface area contributed by atoms with Crippen LogP contribution in [-0.2, 0) is 17.8 Å². The van der Waals surface area contributed by atoms with Crippen molar-refractivity contribution in [2.24, 2.45) is 5.92 Å². The van der Waals surface area contributed by atoms with E-state index in [0.29, 0.717) is 0 Å². The van der Waals surface area contributed by atoms with Crippen LogP contribution in [0.2, 0.25) is 5.02 Å². The number of carbonyl (C=O) groups is 1. The molecule has 0 aliphatic carbocycles. The molecule has 1 aromatic heterocycles. The smallest absolute Gasteiger partial charge is 0.222 e. The largest absolute Gasteiger partial charge is 0.359 e. The van der Waals surface area contributed by atoms with E-state index >= 15 is 0 Å². The Morgan fingerprint density at radius 3 is 2.71 bits per heavy atom. The standard InChI is InChI=1S/C18H22ClN3OS/c1-20-18(23)14-6-8-22(9-7-14)11-16-12-24-17(21-16)10-13-2-4-15(19)5-3-13/h2-5,12,14H,6-11H2,1H3,(H,20,23). The molecule has 2 aromatic rings. The first-order valence-electron chi connectivity index (χ1n) is 8.25.